The lowest BCUT2D eigenvalue weighted by Gasteiger charge is -2.07. The van der Waals surface area contributed by atoms with Gasteiger partial charge in [-0.2, -0.15) is 0 Å². The first-order valence-corrected chi connectivity index (χ1v) is 12.7. The van der Waals surface area contributed by atoms with Crippen molar-refractivity contribution in [3.63, 3.8) is 0 Å². The van der Waals surface area contributed by atoms with Gasteiger partial charge in [-0.15, -0.1) is 0 Å². The van der Waals surface area contributed by atoms with E-state index in [4.69, 9.17) is 4.74 Å². The van der Waals surface area contributed by atoms with Gasteiger partial charge in [0.1, 0.15) is 0 Å². The van der Waals surface area contributed by atoms with Gasteiger partial charge in [-0.3, -0.25) is 4.79 Å². The van der Waals surface area contributed by atoms with Crippen molar-refractivity contribution in [1.29, 1.82) is 0 Å². The van der Waals surface area contributed by atoms with Crippen LogP contribution in [0.25, 0.3) is 0 Å². The monoisotopic (exact) mass is 431 g/mol. The van der Waals surface area contributed by atoms with Crippen LogP contribution in [-0.4, -0.2) is 25.0 Å². The molecule has 1 N–H and O–H groups in total. The van der Waals surface area contributed by atoms with Gasteiger partial charge in [-0.1, -0.05) is 121 Å². The fourth-order valence-corrected chi connectivity index (χ4v) is 3.74. The van der Waals surface area contributed by atoms with Crippen LogP contribution < -0.4 is 5.32 Å². The van der Waals surface area contributed by atoms with Gasteiger partial charge in [0.2, 0.25) is 0 Å². The number of unbranched alkanes of at least 4 members (excludes halogenated alkanes) is 15. The fraction of sp³-hybridized carbons (Fsp3) is 0.704. The molecule has 0 radical (unpaired) electrons. The first kappa shape index (κ1) is 27.2. The molecule has 0 bridgehead atoms. The Labute approximate surface area is 190 Å². The Morgan fingerprint density at radius 1 is 0.677 bits per heavy atom. The Kier molecular flexibility index (Phi) is 17.6. The summed E-state index contributed by atoms with van der Waals surface area (Å²) in [6.07, 6.45) is 21.4. The molecular weight excluding hydrogens is 386 g/mol. The first-order chi connectivity index (χ1) is 15.2. The first-order valence-electron chi connectivity index (χ1n) is 12.7. The van der Waals surface area contributed by atoms with E-state index in [1.54, 1.807) is 24.3 Å². The Hall–Kier alpha value is -1.84. The molecule has 1 rings (SSSR count). The summed E-state index contributed by atoms with van der Waals surface area (Å²) in [4.78, 5) is 23.5. The van der Waals surface area contributed by atoms with Crippen molar-refractivity contribution in [3.8, 4) is 0 Å². The summed E-state index contributed by atoms with van der Waals surface area (Å²) in [6, 6.07) is 8.73. The maximum Gasteiger partial charge on any atom is 0.338 e. The van der Waals surface area contributed by atoms with Crippen LogP contribution in [0.2, 0.25) is 0 Å². The summed E-state index contributed by atoms with van der Waals surface area (Å²) in [5.74, 6) is -0.691. The zero-order valence-electron chi connectivity index (χ0n) is 19.8. The lowest BCUT2D eigenvalue weighted by Crippen LogP contribution is -2.29. The maximum absolute atomic E-state index is 11.8. The van der Waals surface area contributed by atoms with Gasteiger partial charge in [-0.05, 0) is 18.6 Å². The molecule has 1 aromatic rings. The summed E-state index contributed by atoms with van der Waals surface area (Å²) in [6.45, 7) is 2.71. The van der Waals surface area contributed by atoms with Crippen molar-refractivity contribution in [2.75, 3.05) is 13.2 Å². The predicted molar refractivity (Wildman–Crippen MR) is 129 cm³/mol. The molecule has 4 heteroatoms. The molecule has 0 fully saturated rings. The molecule has 176 valence electrons. The normalized spacial score (nSPS) is 10.7. The number of ether oxygens (including phenoxy) is 1. The van der Waals surface area contributed by atoms with Crippen LogP contribution in [0.15, 0.2) is 30.3 Å². The quantitative estimate of drug-likeness (QED) is 0.175. The van der Waals surface area contributed by atoms with Crippen molar-refractivity contribution >= 4 is 11.9 Å². The molecule has 1 amide bonds. The molecule has 31 heavy (non-hydrogen) atoms. The van der Waals surface area contributed by atoms with Gasteiger partial charge in [-0.25, -0.2) is 4.79 Å². The third-order valence-corrected chi connectivity index (χ3v) is 5.70. The second kappa shape index (κ2) is 20.1. The maximum atomic E-state index is 11.8. The van der Waals surface area contributed by atoms with Crippen molar-refractivity contribution in [2.24, 2.45) is 0 Å². The average molecular weight is 432 g/mol. The number of hydrogen-bond donors (Lipinski definition) is 1. The zero-order chi connectivity index (χ0) is 22.4. The molecule has 0 saturated heterocycles. The van der Waals surface area contributed by atoms with Gasteiger partial charge < -0.3 is 10.1 Å². The molecule has 4 nitrogen and oxygen atoms in total. The summed E-state index contributed by atoms with van der Waals surface area (Å²) in [7, 11) is 0. The van der Waals surface area contributed by atoms with Crippen molar-refractivity contribution in [1.82, 2.24) is 5.32 Å². The SMILES string of the molecule is CCCCCCCCCCCCCCCCCCNC(=O)COC(=O)c1ccccc1. The molecule has 0 aromatic heterocycles. The van der Waals surface area contributed by atoms with E-state index < -0.39 is 5.97 Å². The van der Waals surface area contributed by atoms with Gasteiger partial charge >= 0.3 is 5.97 Å². The number of amides is 1. The largest absolute Gasteiger partial charge is 0.452 e. The molecule has 0 unspecified atom stereocenters. The number of nitrogens with one attached hydrogen (secondary N) is 1. The van der Waals surface area contributed by atoms with Gasteiger partial charge in [0.05, 0.1) is 5.56 Å². The highest BCUT2D eigenvalue weighted by Gasteiger charge is 2.08. The Morgan fingerprint density at radius 3 is 1.61 bits per heavy atom. The molecule has 0 spiro atoms. The van der Waals surface area contributed by atoms with Crippen LogP contribution in [0.1, 0.15) is 120 Å². The van der Waals surface area contributed by atoms with Crippen LogP contribution in [0.4, 0.5) is 0 Å². The highest BCUT2D eigenvalue weighted by molar-refractivity contribution is 5.91. The van der Waals surface area contributed by atoms with E-state index in [2.05, 4.69) is 12.2 Å². The number of benzene rings is 1. The molecule has 0 aliphatic rings. The fourth-order valence-electron chi connectivity index (χ4n) is 3.74. The Balaban J connectivity index is 1.79. The molecule has 0 saturated carbocycles. The zero-order valence-corrected chi connectivity index (χ0v) is 19.8. The lowest BCUT2D eigenvalue weighted by molar-refractivity contribution is -0.124. The number of carbonyl (C=O) groups is 2. The number of carbonyl (C=O) groups excluding carboxylic acids is 2. The second-order valence-corrected chi connectivity index (χ2v) is 8.60. The highest BCUT2D eigenvalue weighted by Crippen LogP contribution is 2.13. The van der Waals surface area contributed by atoms with Crippen molar-refractivity contribution in [2.45, 2.75) is 110 Å². The molecule has 0 heterocycles. The van der Waals surface area contributed by atoms with E-state index in [-0.39, 0.29) is 12.5 Å². The van der Waals surface area contributed by atoms with E-state index in [0.717, 1.165) is 12.8 Å². The predicted octanol–water partition coefficient (Wildman–Crippen LogP) is 7.22. The van der Waals surface area contributed by atoms with Crippen LogP contribution in [0, 0.1) is 0 Å². The number of hydrogen-bond acceptors (Lipinski definition) is 3. The smallest absolute Gasteiger partial charge is 0.338 e. The van der Waals surface area contributed by atoms with Gasteiger partial charge in [0, 0.05) is 6.54 Å². The third-order valence-electron chi connectivity index (χ3n) is 5.70. The molecule has 0 aliphatic carbocycles. The van der Waals surface area contributed by atoms with E-state index in [1.165, 1.54) is 89.9 Å². The summed E-state index contributed by atoms with van der Waals surface area (Å²) in [5, 5.41) is 2.82. The minimum absolute atomic E-state index is 0.216. The minimum atomic E-state index is -0.460. The van der Waals surface area contributed by atoms with Crippen LogP contribution >= 0.6 is 0 Å². The average Bonchev–Trinajstić information content (AvgIpc) is 2.80. The summed E-state index contributed by atoms with van der Waals surface area (Å²) < 4.78 is 5.02. The van der Waals surface area contributed by atoms with E-state index in [1.807, 2.05) is 6.07 Å². The standard InChI is InChI=1S/C27H45NO3/c1-2-3-4-5-6-7-8-9-10-11-12-13-14-15-16-20-23-28-26(29)24-31-27(30)25-21-18-17-19-22-25/h17-19,21-22H,2-16,20,23-24H2,1H3,(H,28,29). The van der Waals surface area contributed by atoms with Crippen LogP contribution in [-0.2, 0) is 9.53 Å². The van der Waals surface area contributed by atoms with Crippen LogP contribution in [0.3, 0.4) is 0 Å². The molecule has 1 aromatic carbocycles. The van der Waals surface area contributed by atoms with Crippen molar-refractivity contribution < 1.29 is 14.3 Å². The molecule has 0 aliphatic heterocycles. The number of rotatable bonds is 20. The Bertz CT molecular complexity index is 559. The third kappa shape index (κ3) is 16.5. The summed E-state index contributed by atoms with van der Waals surface area (Å²) in [5.41, 5.74) is 0.466. The number of esters is 1. The van der Waals surface area contributed by atoms with Crippen molar-refractivity contribution in [3.05, 3.63) is 35.9 Å². The minimum Gasteiger partial charge on any atom is -0.452 e. The summed E-state index contributed by atoms with van der Waals surface area (Å²) >= 11 is 0. The highest BCUT2D eigenvalue weighted by atomic mass is 16.5. The molecular formula is C27H45NO3. The van der Waals surface area contributed by atoms with Gasteiger partial charge in [0.15, 0.2) is 6.61 Å². The second-order valence-electron chi connectivity index (χ2n) is 8.60. The van der Waals surface area contributed by atoms with E-state index in [9.17, 15) is 9.59 Å². The van der Waals surface area contributed by atoms with Crippen LogP contribution in [0.5, 0.6) is 0 Å². The topological polar surface area (TPSA) is 55.4 Å². The van der Waals surface area contributed by atoms with Gasteiger partial charge in [0.25, 0.3) is 5.91 Å². The van der Waals surface area contributed by atoms with E-state index in [0.29, 0.717) is 12.1 Å². The molecule has 0 atom stereocenters. The Morgan fingerprint density at radius 2 is 1.13 bits per heavy atom. The lowest BCUT2D eigenvalue weighted by atomic mass is 10.0. The van der Waals surface area contributed by atoms with E-state index >= 15 is 0 Å².